The molecule has 4 aliphatic rings. The summed E-state index contributed by atoms with van der Waals surface area (Å²) in [6.45, 7) is -0.891. The van der Waals surface area contributed by atoms with Crippen molar-refractivity contribution in [3.05, 3.63) is 54.1 Å². The third-order valence-electron chi connectivity index (χ3n) is 12.9. The number of ether oxygens (including phenoxy) is 8. The normalized spacial score (nSPS) is 30.4. The van der Waals surface area contributed by atoms with E-state index < -0.39 is 124 Å². The Morgan fingerprint density at radius 3 is 1.94 bits per heavy atom. The number of aliphatic hydroxyl groups excluding tert-OH is 9. The van der Waals surface area contributed by atoms with E-state index >= 15 is 0 Å². The van der Waals surface area contributed by atoms with Gasteiger partial charge in [0.05, 0.1) is 46.2 Å². The molecule has 28 heteroatoms. The molecule has 4 saturated heterocycles. The van der Waals surface area contributed by atoms with E-state index in [2.05, 4.69) is 21.3 Å². The molecule has 77 heavy (non-hydrogen) atoms. The zero-order valence-corrected chi connectivity index (χ0v) is 42.1. The standard InChI is InChI=1S/C49H69N5O23/c1-25(58)53-37-40(65)44(76-49-43(68)45(39(64)31(22-56)74-49)77-48-42(67)41(66)38(63)30(21-55)73-48)32(23-57)75-47(37)71-17-3-13-50-34(60)24-72-29-8-6-26(7-9-29)27-4-2-5-28(20-27)46(69)52-15-14-51-33(59)12-18-70-19-16-54-35(61)10-11-36(54)62/h2,4-9,20,30-32,37-45,47-49,55-57,63-68H,3,10-19,21-24H2,1H3,(H,50,60)(H,51,59)(H,52,69)(H,53,58)/t30?,31?,32?,37?,38-,39-,40?,41?,42?,43?,44+,45?,47+,48+,49-/m0/s1. The van der Waals surface area contributed by atoms with E-state index in [0.717, 1.165) is 23.0 Å². The van der Waals surface area contributed by atoms with Gasteiger partial charge in [-0.1, -0.05) is 24.3 Å². The number of rotatable bonds is 27. The van der Waals surface area contributed by atoms with Crippen molar-refractivity contribution in [1.29, 1.82) is 0 Å². The molecule has 0 aromatic heterocycles. The Bertz CT molecular complexity index is 2250. The summed E-state index contributed by atoms with van der Waals surface area (Å²) in [6, 6.07) is 12.4. The number of hydrogen-bond donors (Lipinski definition) is 13. The lowest BCUT2D eigenvalue weighted by atomic mass is 9.95. The molecule has 6 rings (SSSR count). The monoisotopic (exact) mass is 1100 g/mol. The highest BCUT2D eigenvalue weighted by molar-refractivity contribution is 6.01. The van der Waals surface area contributed by atoms with Gasteiger partial charge in [-0.05, 0) is 41.8 Å². The largest absolute Gasteiger partial charge is 0.484 e. The zero-order chi connectivity index (χ0) is 55.8. The molecule has 13 N–H and O–H groups in total. The summed E-state index contributed by atoms with van der Waals surface area (Å²) in [6.07, 6.45) is -23.1. The summed E-state index contributed by atoms with van der Waals surface area (Å²) in [4.78, 5) is 74.4. The minimum absolute atomic E-state index is 0.0691. The van der Waals surface area contributed by atoms with E-state index in [4.69, 9.17) is 37.9 Å². The number of hydrogen-bond acceptors (Lipinski definition) is 23. The molecule has 428 valence electrons. The Balaban J connectivity index is 0.898. The van der Waals surface area contributed by atoms with Gasteiger partial charge in [0.2, 0.25) is 23.6 Å². The van der Waals surface area contributed by atoms with Gasteiger partial charge >= 0.3 is 0 Å². The van der Waals surface area contributed by atoms with Crippen LogP contribution in [0.5, 0.6) is 5.75 Å². The smallest absolute Gasteiger partial charge is 0.257 e. The van der Waals surface area contributed by atoms with E-state index in [9.17, 15) is 74.7 Å². The summed E-state index contributed by atoms with van der Waals surface area (Å²) in [5, 5.41) is 105. The fourth-order valence-corrected chi connectivity index (χ4v) is 8.73. The van der Waals surface area contributed by atoms with Gasteiger partial charge in [0.1, 0.15) is 78.9 Å². The average Bonchev–Trinajstić information content (AvgIpc) is 3.75. The second-order valence-corrected chi connectivity index (χ2v) is 18.4. The van der Waals surface area contributed by atoms with Gasteiger partial charge in [0.25, 0.3) is 11.8 Å². The maximum atomic E-state index is 12.9. The topological polar surface area (TPSA) is 410 Å². The van der Waals surface area contributed by atoms with Gasteiger partial charge < -0.3 is 105 Å². The fraction of sp³-hybridized carbons (Fsp3) is 0.633. The molecule has 0 aliphatic carbocycles. The van der Waals surface area contributed by atoms with Crippen LogP contribution in [0.3, 0.4) is 0 Å². The summed E-state index contributed by atoms with van der Waals surface area (Å²) >= 11 is 0. The molecular weight excluding hydrogens is 1030 g/mol. The second kappa shape index (κ2) is 29.6. The van der Waals surface area contributed by atoms with E-state index in [1.807, 2.05) is 6.07 Å². The van der Waals surface area contributed by atoms with Crippen molar-refractivity contribution in [2.24, 2.45) is 0 Å². The predicted molar refractivity (Wildman–Crippen MR) is 258 cm³/mol. The number of nitrogens with zero attached hydrogens (tertiary/aromatic N) is 1. The molecular formula is C49H69N5O23. The van der Waals surface area contributed by atoms with E-state index in [0.29, 0.717) is 11.3 Å². The van der Waals surface area contributed by atoms with Crippen LogP contribution in [0.4, 0.5) is 0 Å². The van der Waals surface area contributed by atoms with Crippen molar-refractivity contribution in [3.8, 4) is 16.9 Å². The second-order valence-electron chi connectivity index (χ2n) is 18.4. The Morgan fingerprint density at radius 1 is 0.636 bits per heavy atom. The van der Waals surface area contributed by atoms with Gasteiger partial charge in [-0.2, -0.15) is 0 Å². The zero-order valence-electron chi connectivity index (χ0n) is 42.1. The molecule has 9 unspecified atom stereocenters. The molecule has 4 heterocycles. The van der Waals surface area contributed by atoms with Crippen LogP contribution in [0.15, 0.2) is 48.5 Å². The first-order valence-electron chi connectivity index (χ1n) is 25.1. The SMILES string of the molecule is CC(=O)NC1C(O)[C@H](O[C@@H]2OC(CO)[C@H](O)C(O[C@H]3OC(CO)[C@H](O)C(O)C3O)C2O)C(CO)O[C@H]1OCCCNC(=O)COc1ccc(-c2cccc(C(=O)NCCNC(=O)CCOCCN3C(=O)CCC3=O)c2)cc1. The number of amides is 6. The maximum Gasteiger partial charge on any atom is 0.257 e. The van der Waals surface area contributed by atoms with Crippen LogP contribution >= 0.6 is 0 Å². The van der Waals surface area contributed by atoms with Crippen molar-refractivity contribution in [3.63, 3.8) is 0 Å². The van der Waals surface area contributed by atoms with Gasteiger partial charge in [0, 0.05) is 51.4 Å². The van der Waals surface area contributed by atoms with Crippen LogP contribution < -0.4 is 26.0 Å². The molecule has 0 spiro atoms. The molecule has 0 saturated carbocycles. The molecule has 4 fully saturated rings. The van der Waals surface area contributed by atoms with E-state index in [-0.39, 0.29) is 102 Å². The van der Waals surface area contributed by atoms with Gasteiger partial charge in [-0.15, -0.1) is 0 Å². The van der Waals surface area contributed by atoms with Gasteiger partial charge in [-0.25, -0.2) is 0 Å². The lowest BCUT2D eigenvalue weighted by molar-refractivity contribution is -0.376. The van der Waals surface area contributed by atoms with E-state index in [1.54, 1.807) is 42.5 Å². The highest BCUT2D eigenvalue weighted by Gasteiger charge is 2.54. The van der Waals surface area contributed by atoms with Crippen molar-refractivity contribution in [2.45, 2.75) is 125 Å². The number of aliphatic hydroxyl groups is 9. The minimum atomic E-state index is -1.98. The highest BCUT2D eigenvalue weighted by atomic mass is 16.8. The van der Waals surface area contributed by atoms with Gasteiger partial charge in [0.15, 0.2) is 25.5 Å². The van der Waals surface area contributed by atoms with Crippen LogP contribution in [-0.4, -0.2) is 251 Å². The molecule has 6 amide bonds. The van der Waals surface area contributed by atoms with Crippen molar-refractivity contribution in [2.75, 3.05) is 72.4 Å². The van der Waals surface area contributed by atoms with Crippen molar-refractivity contribution in [1.82, 2.24) is 26.2 Å². The van der Waals surface area contributed by atoms with Crippen LogP contribution in [-0.2, 0) is 57.1 Å². The quantitative estimate of drug-likeness (QED) is 0.0293. The van der Waals surface area contributed by atoms with Crippen molar-refractivity contribution >= 4 is 35.4 Å². The van der Waals surface area contributed by atoms with Gasteiger partial charge in [-0.3, -0.25) is 33.7 Å². The Morgan fingerprint density at radius 2 is 1.26 bits per heavy atom. The number of imide groups is 1. The molecule has 2 aromatic rings. The van der Waals surface area contributed by atoms with E-state index in [1.165, 1.54) is 0 Å². The fourth-order valence-electron chi connectivity index (χ4n) is 8.73. The summed E-state index contributed by atoms with van der Waals surface area (Å²) in [5.74, 6) is -1.79. The van der Waals surface area contributed by atoms with Crippen LogP contribution in [0, 0.1) is 0 Å². The van der Waals surface area contributed by atoms with Crippen LogP contribution in [0.1, 0.15) is 43.0 Å². The third kappa shape index (κ3) is 16.6. The first kappa shape index (κ1) is 60.8. The Hall–Kier alpha value is -5.38. The van der Waals surface area contributed by atoms with Crippen molar-refractivity contribution < 1.29 is 113 Å². The number of carbonyl (C=O) groups excluding carboxylic acids is 6. The Labute approximate surface area is 441 Å². The lowest BCUT2D eigenvalue weighted by Crippen LogP contribution is -2.68. The highest BCUT2D eigenvalue weighted by Crippen LogP contribution is 2.33. The summed E-state index contributed by atoms with van der Waals surface area (Å²) < 4.78 is 45.2. The number of benzene rings is 2. The predicted octanol–water partition coefficient (Wildman–Crippen LogP) is -5.75. The molecule has 2 aromatic carbocycles. The molecule has 28 nitrogen and oxygen atoms in total. The summed E-state index contributed by atoms with van der Waals surface area (Å²) in [7, 11) is 0. The maximum absolute atomic E-state index is 12.9. The molecule has 4 aliphatic heterocycles. The third-order valence-corrected chi connectivity index (χ3v) is 12.9. The lowest BCUT2D eigenvalue weighted by Gasteiger charge is -2.48. The summed E-state index contributed by atoms with van der Waals surface area (Å²) in [5.41, 5.74) is 1.89. The molecule has 15 atom stereocenters. The number of carbonyl (C=O) groups is 6. The minimum Gasteiger partial charge on any atom is -0.484 e. The van der Waals surface area contributed by atoms with Crippen LogP contribution in [0.25, 0.3) is 11.1 Å². The van der Waals surface area contributed by atoms with Crippen LogP contribution in [0.2, 0.25) is 0 Å². The number of likely N-dealkylation sites (tertiary alicyclic amines) is 1. The molecule has 0 bridgehead atoms. The average molecular weight is 1100 g/mol. The molecule has 0 radical (unpaired) electrons. The number of nitrogens with one attached hydrogen (secondary N) is 4. The Kier molecular flexibility index (Phi) is 23.4. The first-order valence-corrected chi connectivity index (χ1v) is 25.1. The first-order chi connectivity index (χ1) is 36.9.